The van der Waals surface area contributed by atoms with Crippen LogP contribution < -0.4 is 0 Å². The van der Waals surface area contributed by atoms with E-state index >= 15 is 0 Å². The van der Waals surface area contributed by atoms with Crippen molar-refractivity contribution in [1.29, 1.82) is 0 Å². The predicted molar refractivity (Wildman–Crippen MR) is 97.3 cm³/mol. The third kappa shape index (κ3) is 4.13. The number of rotatable bonds is 4. The number of benzene rings is 1. The van der Waals surface area contributed by atoms with Gasteiger partial charge in [-0.2, -0.15) is 13.2 Å². The van der Waals surface area contributed by atoms with Crippen molar-refractivity contribution in [3.05, 3.63) is 56.2 Å². The van der Waals surface area contributed by atoms with Crippen LogP contribution in [0.4, 0.5) is 13.2 Å². The van der Waals surface area contributed by atoms with Crippen LogP contribution in [-0.2, 0) is 11.0 Å². The summed E-state index contributed by atoms with van der Waals surface area (Å²) >= 11 is 4.80. The zero-order valence-corrected chi connectivity index (χ0v) is 16.1. The summed E-state index contributed by atoms with van der Waals surface area (Å²) in [6.45, 7) is 0.535. The fourth-order valence-corrected chi connectivity index (χ4v) is 4.98. The SMILES string of the molecule is O=C(O)C1CCCCN1C(c1cccc(C(F)(F)F)c1)c1ccc(Br)s1. The Balaban J connectivity index is 2.08. The Morgan fingerprint density at radius 3 is 2.65 bits per heavy atom. The Bertz CT molecular complexity index is 793. The normalized spacial score (nSPS) is 20.1. The number of carboxylic acid groups (broad SMARTS) is 1. The first kappa shape index (κ1) is 19.4. The predicted octanol–water partition coefficient (Wildman–Crippen LogP) is 5.56. The monoisotopic (exact) mass is 447 g/mol. The van der Waals surface area contributed by atoms with Gasteiger partial charge in [0.25, 0.3) is 0 Å². The van der Waals surface area contributed by atoms with Crippen molar-refractivity contribution in [2.75, 3.05) is 6.54 Å². The summed E-state index contributed by atoms with van der Waals surface area (Å²) in [5, 5.41) is 9.61. The van der Waals surface area contributed by atoms with Gasteiger partial charge in [0.05, 0.1) is 15.4 Å². The molecule has 0 spiro atoms. The van der Waals surface area contributed by atoms with E-state index in [9.17, 15) is 23.1 Å². The van der Waals surface area contributed by atoms with E-state index in [-0.39, 0.29) is 0 Å². The van der Waals surface area contributed by atoms with Gasteiger partial charge in [0.2, 0.25) is 0 Å². The molecule has 3 nitrogen and oxygen atoms in total. The van der Waals surface area contributed by atoms with E-state index in [4.69, 9.17) is 0 Å². The van der Waals surface area contributed by atoms with Gasteiger partial charge < -0.3 is 5.11 Å². The maximum atomic E-state index is 13.2. The van der Waals surface area contributed by atoms with E-state index < -0.39 is 29.8 Å². The van der Waals surface area contributed by atoms with Crippen LogP contribution in [0.1, 0.15) is 41.3 Å². The van der Waals surface area contributed by atoms with Crippen molar-refractivity contribution in [3.63, 3.8) is 0 Å². The standard InChI is InChI=1S/C18H17BrF3NO2S/c19-15-8-7-14(26-15)16(23-9-2-1-6-13(23)17(24)25)11-4-3-5-12(10-11)18(20,21)22/h3-5,7-8,10,13,16H,1-2,6,9H2,(H,24,25). The molecule has 1 aliphatic heterocycles. The number of aliphatic carboxylic acids is 1. The number of thiophene rings is 1. The summed E-state index contributed by atoms with van der Waals surface area (Å²) in [5.74, 6) is -0.933. The molecule has 1 N–H and O–H groups in total. The fraction of sp³-hybridized carbons (Fsp3) is 0.389. The smallest absolute Gasteiger partial charge is 0.416 e. The quantitative estimate of drug-likeness (QED) is 0.666. The van der Waals surface area contributed by atoms with Crippen LogP contribution >= 0.6 is 27.3 Å². The molecule has 8 heteroatoms. The van der Waals surface area contributed by atoms with Crippen molar-refractivity contribution in [2.24, 2.45) is 0 Å². The summed E-state index contributed by atoms with van der Waals surface area (Å²) in [6.07, 6.45) is -2.31. The lowest BCUT2D eigenvalue weighted by atomic mass is 9.94. The van der Waals surface area contributed by atoms with Gasteiger partial charge in [-0.05, 0) is 65.1 Å². The molecule has 0 bridgehead atoms. The maximum Gasteiger partial charge on any atom is 0.416 e. The summed E-state index contributed by atoms with van der Waals surface area (Å²) in [7, 11) is 0. The lowest BCUT2D eigenvalue weighted by Gasteiger charge is -2.39. The van der Waals surface area contributed by atoms with Gasteiger partial charge in [-0.15, -0.1) is 11.3 Å². The van der Waals surface area contributed by atoms with E-state index in [2.05, 4.69) is 15.9 Å². The van der Waals surface area contributed by atoms with Gasteiger partial charge in [-0.3, -0.25) is 9.69 Å². The molecule has 2 unspecified atom stereocenters. The van der Waals surface area contributed by atoms with Crippen LogP contribution in [0.5, 0.6) is 0 Å². The highest BCUT2D eigenvalue weighted by molar-refractivity contribution is 9.11. The van der Waals surface area contributed by atoms with Gasteiger partial charge in [-0.1, -0.05) is 18.6 Å². The van der Waals surface area contributed by atoms with Crippen LogP contribution in [-0.4, -0.2) is 28.6 Å². The van der Waals surface area contributed by atoms with Crippen molar-refractivity contribution in [3.8, 4) is 0 Å². The van der Waals surface area contributed by atoms with E-state index in [1.165, 1.54) is 17.4 Å². The highest BCUT2D eigenvalue weighted by Crippen LogP contribution is 2.40. The Hall–Kier alpha value is -1.38. The second-order valence-electron chi connectivity index (χ2n) is 6.26. The van der Waals surface area contributed by atoms with Crippen LogP contribution in [0, 0.1) is 0 Å². The molecule has 0 saturated carbocycles. The Morgan fingerprint density at radius 2 is 2.04 bits per heavy atom. The van der Waals surface area contributed by atoms with E-state index in [0.29, 0.717) is 18.5 Å². The molecular formula is C18H17BrF3NO2S. The van der Waals surface area contributed by atoms with Crippen molar-refractivity contribution in [2.45, 2.75) is 37.5 Å². The minimum Gasteiger partial charge on any atom is -0.480 e. The lowest BCUT2D eigenvalue weighted by Crippen LogP contribution is -2.46. The first-order valence-electron chi connectivity index (χ1n) is 8.18. The summed E-state index contributed by atoms with van der Waals surface area (Å²) in [6, 6.07) is 7.64. The Labute approximate surface area is 161 Å². The summed E-state index contributed by atoms with van der Waals surface area (Å²) < 4.78 is 40.4. The lowest BCUT2D eigenvalue weighted by molar-refractivity contribution is -0.145. The molecular weight excluding hydrogens is 431 g/mol. The molecule has 1 aliphatic rings. The third-order valence-corrected chi connectivity index (χ3v) is 6.23. The molecule has 2 aromatic rings. The molecule has 0 amide bonds. The number of hydrogen-bond donors (Lipinski definition) is 1. The molecule has 140 valence electrons. The van der Waals surface area contributed by atoms with Crippen LogP contribution in [0.2, 0.25) is 0 Å². The van der Waals surface area contributed by atoms with Crippen molar-refractivity contribution >= 4 is 33.2 Å². The molecule has 1 aromatic heterocycles. The number of likely N-dealkylation sites (tertiary alicyclic amines) is 1. The number of carboxylic acids is 1. The highest BCUT2D eigenvalue weighted by Gasteiger charge is 2.37. The van der Waals surface area contributed by atoms with Crippen LogP contribution in [0.25, 0.3) is 0 Å². The molecule has 3 rings (SSSR count). The second-order valence-corrected chi connectivity index (χ2v) is 8.75. The molecule has 26 heavy (non-hydrogen) atoms. The van der Waals surface area contributed by atoms with Gasteiger partial charge in [0.15, 0.2) is 0 Å². The number of carbonyl (C=O) groups is 1. The van der Waals surface area contributed by atoms with Gasteiger partial charge in [0.1, 0.15) is 6.04 Å². The number of piperidine rings is 1. The first-order valence-corrected chi connectivity index (χ1v) is 9.79. The fourth-order valence-electron chi connectivity index (χ4n) is 3.41. The average molecular weight is 448 g/mol. The first-order chi connectivity index (χ1) is 12.3. The highest BCUT2D eigenvalue weighted by atomic mass is 79.9. The topological polar surface area (TPSA) is 40.5 Å². The molecule has 2 heterocycles. The Morgan fingerprint density at radius 1 is 1.27 bits per heavy atom. The molecule has 1 aromatic carbocycles. The molecule has 2 atom stereocenters. The van der Waals surface area contributed by atoms with Crippen LogP contribution in [0.3, 0.4) is 0 Å². The largest absolute Gasteiger partial charge is 0.480 e. The van der Waals surface area contributed by atoms with E-state index in [1.807, 2.05) is 17.0 Å². The Kier molecular flexibility index (Phi) is 5.74. The zero-order valence-electron chi connectivity index (χ0n) is 13.7. The summed E-state index contributed by atoms with van der Waals surface area (Å²) in [5.41, 5.74) is -0.262. The van der Waals surface area contributed by atoms with E-state index in [0.717, 1.165) is 33.6 Å². The van der Waals surface area contributed by atoms with Gasteiger partial charge >= 0.3 is 12.1 Å². The molecule has 0 aliphatic carbocycles. The number of nitrogens with zero attached hydrogens (tertiary/aromatic N) is 1. The summed E-state index contributed by atoms with van der Waals surface area (Å²) in [4.78, 5) is 14.4. The van der Waals surface area contributed by atoms with Crippen molar-refractivity contribution in [1.82, 2.24) is 4.90 Å². The minimum atomic E-state index is -4.44. The molecule has 0 radical (unpaired) electrons. The van der Waals surface area contributed by atoms with Gasteiger partial charge in [0, 0.05) is 4.88 Å². The maximum absolute atomic E-state index is 13.2. The average Bonchev–Trinajstić information content (AvgIpc) is 3.01. The van der Waals surface area contributed by atoms with Gasteiger partial charge in [-0.25, -0.2) is 0 Å². The molecule has 1 fully saturated rings. The number of hydrogen-bond acceptors (Lipinski definition) is 3. The van der Waals surface area contributed by atoms with E-state index in [1.54, 1.807) is 6.07 Å². The number of halogens is 4. The second kappa shape index (κ2) is 7.70. The number of alkyl halides is 3. The molecule has 1 saturated heterocycles. The van der Waals surface area contributed by atoms with Crippen LogP contribution in [0.15, 0.2) is 40.2 Å². The third-order valence-electron chi connectivity index (χ3n) is 4.55. The van der Waals surface area contributed by atoms with Crippen molar-refractivity contribution < 1.29 is 23.1 Å². The zero-order chi connectivity index (χ0) is 18.9. The minimum absolute atomic E-state index is 0.460.